The molecular weight excluding hydrogens is 212 g/mol. The van der Waals surface area contributed by atoms with Crippen molar-refractivity contribution < 1.29 is 9.53 Å². The molecule has 0 spiro atoms. The Labute approximate surface area is 107 Å². The molecule has 1 unspecified atom stereocenters. The molecule has 17 heavy (non-hydrogen) atoms. The molecule has 0 fully saturated rings. The molecule has 0 aliphatic carbocycles. The molecule has 0 bridgehead atoms. The first-order valence-electron chi connectivity index (χ1n) is 7.31. The second-order valence-corrected chi connectivity index (χ2v) is 4.88. The molecule has 0 rings (SSSR count). The average molecular weight is 242 g/mol. The Kier molecular flexibility index (Phi) is 13.4. The van der Waals surface area contributed by atoms with E-state index < -0.39 is 0 Å². The van der Waals surface area contributed by atoms with Crippen LogP contribution in [0, 0.1) is 0 Å². The Morgan fingerprint density at radius 2 is 1.47 bits per heavy atom. The number of methoxy groups -OCH3 is 1. The van der Waals surface area contributed by atoms with Crippen LogP contribution < -0.4 is 0 Å². The summed E-state index contributed by atoms with van der Waals surface area (Å²) in [7, 11) is 1.70. The maximum Gasteiger partial charge on any atom is 0.122 e. The van der Waals surface area contributed by atoms with Gasteiger partial charge in [-0.1, -0.05) is 64.7 Å². The van der Waals surface area contributed by atoms with Crippen LogP contribution in [0.1, 0.15) is 77.6 Å². The van der Waals surface area contributed by atoms with Crippen molar-refractivity contribution in [2.75, 3.05) is 7.11 Å². The van der Waals surface area contributed by atoms with E-state index in [1.54, 1.807) is 7.11 Å². The van der Waals surface area contributed by atoms with Crippen molar-refractivity contribution in [3.63, 3.8) is 0 Å². The van der Waals surface area contributed by atoms with Gasteiger partial charge in [0.1, 0.15) is 6.29 Å². The number of unbranched alkanes of at least 4 members (excludes halogenated alkanes) is 8. The molecule has 0 saturated carbocycles. The van der Waals surface area contributed by atoms with Gasteiger partial charge in [0.2, 0.25) is 0 Å². The van der Waals surface area contributed by atoms with Crippen LogP contribution in [0.5, 0.6) is 0 Å². The van der Waals surface area contributed by atoms with E-state index >= 15 is 0 Å². The van der Waals surface area contributed by atoms with Crippen LogP contribution in [-0.4, -0.2) is 19.5 Å². The Bertz CT molecular complexity index is 157. The van der Waals surface area contributed by atoms with Gasteiger partial charge in [-0.05, 0) is 6.42 Å². The SMILES string of the molecule is CCCCCCCCCCCC(CC=O)OC. The molecule has 102 valence electrons. The average Bonchev–Trinajstić information content (AvgIpc) is 2.35. The lowest BCUT2D eigenvalue weighted by atomic mass is 10.0. The fraction of sp³-hybridized carbons (Fsp3) is 0.933. The summed E-state index contributed by atoms with van der Waals surface area (Å²) in [6.07, 6.45) is 14.8. The second-order valence-electron chi connectivity index (χ2n) is 4.88. The highest BCUT2D eigenvalue weighted by Gasteiger charge is 2.05. The second kappa shape index (κ2) is 13.7. The summed E-state index contributed by atoms with van der Waals surface area (Å²) in [4.78, 5) is 10.4. The molecule has 2 nitrogen and oxygen atoms in total. The summed E-state index contributed by atoms with van der Waals surface area (Å²) in [5.41, 5.74) is 0. The number of ether oxygens (including phenoxy) is 1. The summed E-state index contributed by atoms with van der Waals surface area (Å²) < 4.78 is 5.23. The minimum Gasteiger partial charge on any atom is -0.381 e. The van der Waals surface area contributed by atoms with Gasteiger partial charge in [0.05, 0.1) is 6.10 Å². The van der Waals surface area contributed by atoms with Crippen molar-refractivity contribution in [1.29, 1.82) is 0 Å². The van der Waals surface area contributed by atoms with Gasteiger partial charge in [-0.25, -0.2) is 0 Å². The monoisotopic (exact) mass is 242 g/mol. The highest BCUT2D eigenvalue weighted by atomic mass is 16.5. The van der Waals surface area contributed by atoms with Crippen molar-refractivity contribution in [1.82, 2.24) is 0 Å². The lowest BCUT2D eigenvalue weighted by Crippen LogP contribution is -2.10. The standard InChI is InChI=1S/C15H30O2/c1-3-4-5-6-7-8-9-10-11-12-15(17-2)13-14-16/h14-15H,3-13H2,1-2H3. The quantitative estimate of drug-likeness (QED) is 0.351. The van der Waals surface area contributed by atoms with Crippen LogP contribution in [0.15, 0.2) is 0 Å². The maximum atomic E-state index is 10.4. The van der Waals surface area contributed by atoms with Gasteiger partial charge in [-0.15, -0.1) is 0 Å². The molecular formula is C15H30O2. The van der Waals surface area contributed by atoms with Crippen LogP contribution in [0.3, 0.4) is 0 Å². The number of carbonyl (C=O) groups is 1. The summed E-state index contributed by atoms with van der Waals surface area (Å²) >= 11 is 0. The van der Waals surface area contributed by atoms with Crippen LogP contribution in [-0.2, 0) is 9.53 Å². The normalized spacial score (nSPS) is 12.6. The topological polar surface area (TPSA) is 26.3 Å². The molecule has 0 amide bonds. The van der Waals surface area contributed by atoms with Crippen LogP contribution in [0.2, 0.25) is 0 Å². The molecule has 0 aromatic carbocycles. The highest BCUT2D eigenvalue weighted by Crippen LogP contribution is 2.12. The van der Waals surface area contributed by atoms with Gasteiger partial charge >= 0.3 is 0 Å². The van der Waals surface area contributed by atoms with Crippen molar-refractivity contribution in [2.45, 2.75) is 83.7 Å². The minimum atomic E-state index is 0.150. The fourth-order valence-corrected chi connectivity index (χ4v) is 2.12. The third kappa shape index (κ3) is 11.9. The molecule has 1 atom stereocenters. The van der Waals surface area contributed by atoms with Crippen LogP contribution in [0.25, 0.3) is 0 Å². The summed E-state index contributed by atoms with van der Waals surface area (Å²) in [6, 6.07) is 0. The smallest absolute Gasteiger partial charge is 0.122 e. The van der Waals surface area contributed by atoms with E-state index in [0.717, 1.165) is 12.7 Å². The molecule has 2 heteroatoms. The zero-order valence-corrected chi connectivity index (χ0v) is 11.7. The summed E-state index contributed by atoms with van der Waals surface area (Å²) in [5.74, 6) is 0. The van der Waals surface area contributed by atoms with E-state index in [2.05, 4.69) is 6.92 Å². The summed E-state index contributed by atoms with van der Waals surface area (Å²) in [5, 5.41) is 0. The van der Waals surface area contributed by atoms with Crippen molar-refractivity contribution in [2.24, 2.45) is 0 Å². The van der Waals surface area contributed by atoms with Crippen LogP contribution >= 0.6 is 0 Å². The van der Waals surface area contributed by atoms with Gasteiger partial charge in [-0.3, -0.25) is 0 Å². The maximum absolute atomic E-state index is 10.4. The Balaban J connectivity index is 3.14. The molecule has 0 radical (unpaired) electrons. The molecule has 0 saturated heterocycles. The Hall–Kier alpha value is -0.370. The molecule has 0 aromatic heterocycles. The lowest BCUT2D eigenvalue weighted by molar-refractivity contribution is -0.110. The predicted molar refractivity (Wildman–Crippen MR) is 73.3 cm³/mol. The van der Waals surface area contributed by atoms with Crippen molar-refractivity contribution >= 4 is 6.29 Å². The van der Waals surface area contributed by atoms with E-state index in [1.807, 2.05) is 0 Å². The number of aldehydes is 1. The van der Waals surface area contributed by atoms with E-state index in [-0.39, 0.29) is 6.10 Å². The van der Waals surface area contributed by atoms with Gasteiger partial charge in [-0.2, -0.15) is 0 Å². The third-order valence-electron chi connectivity index (χ3n) is 3.32. The molecule has 0 heterocycles. The summed E-state index contributed by atoms with van der Waals surface area (Å²) in [6.45, 7) is 2.26. The van der Waals surface area contributed by atoms with Gasteiger partial charge in [0, 0.05) is 13.5 Å². The first kappa shape index (κ1) is 16.6. The number of hydrogen-bond donors (Lipinski definition) is 0. The first-order chi connectivity index (χ1) is 8.35. The van der Waals surface area contributed by atoms with Gasteiger partial charge in [0.15, 0.2) is 0 Å². The Morgan fingerprint density at radius 3 is 1.94 bits per heavy atom. The van der Waals surface area contributed by atoms with Crippen LogP contribution in [0.4, 0.5) is 0 Å². The fourth-order valence-electron chi connectivity index (χ4n) is 2.12. The number of carbonyl (C=O) groups excluding carboxylic acids is 1. The molecule has 0 aliphatic heterocycles. The van der Waals surface area contributed by atoms with Crippen molar-refractivity contribution in [3.8, 4) is 0 Å². The molecule has 0 N–H and O–H groups in total. The predicted octanol–water partition coefficient (Wildman–Crippen LogP) is 4.51. The molecule has 0 aromatic rings. The minimum absolute atomic E-state index is 0.150. The van der Waals surface area contributed by atoms with Gasteiger partial charge < -0.3 is 9.53 Å². The zero-order chi connectivity index (χ0) is 12.8. The molecule has 0 aliphatic rings. The lowest BCUT2D eigenvalue weighted by Gasteiger charge is -2.11. The third-order valence-corrected chi connectivity index (χ3v) is 3.32. The van der Waals surface area contributed by atoms with Crippen molar-refractivity contribution in [3.05, 3.63) is 0 Å². The van der Waals surface area contributed by atoms with E-state index in [4.69, 9.17) is 4.74 Å². The largest absolute Gasteiger partial charge is 0.381 e. The number of rotatable bonds is 13. The zero-order valence-electron chi connectivity index (χ0n) is 11.7. The van der Waals surface area contributed by atoms with Gasteiger partial charge in [0.25, 0.3) is 0 Å². The number of hydrogen-bond acceptors (Lipinski definition) is 2. The Morgan fingerprint density at radius 1 is 0.941 bits per heavy atom. The first-order valence-corrected chi connectivity index (χ1v) is 7.31. The van der Waals surface area contributed by atoms with E-state index in [1.165, 1.54) is 57.8 Å². The highest BCUT2D eigenvalue weighted by molar-refractivity contribution is 5.50. The van der Waals surface area contributed by atoms with E-state index in [9.17, 15) is 4.79 Å². The van der Waals surface area contributed by atoms with E-state index in [0.29, 0.717) is 6.42 Å².